The number of nitrogens with one attached hydrogen (secondary N) is 1. The molecule has 1 aromatic carbocycles. The Hall–Kier alpha value is -1.61. The normalized spacial score (nSPS) is 23.8. The van der Waals surface area contributed by atoms with Crippen LogP contribution < -0.4 is 10.2 Å². The monoisotopic (exact) mass is 255 g/mol. The fraction of sp³-hybridized carbons (Fsp3) is 0.438. The molecule has 0 amide bonds. The van der Waals surface area contributed by atoms with Crippen LogP contribution in [-0.2, 0) is 0 Å². The lowest BCUT2D eigenvalue weighted by atomic mass is 10.1. The van der Waals surface area contributed by atoms with Crippen molar-refractivity contribution in [2.75, 3.05) is 18.0 Å². The van der Waals surface area contributed by atoms with Gasteiger partial charge in [-0.15, -0.1) is 0 Å². The van der Waals surface area contributed by atoms with Crippen molar-refractivity contribution < 1.29 is 0 Å². The summed E-state index contributed by atoms with van der Waals surface area (Å²) < 4.78 is 0. The van der Waals surface area contributed by atoms with Crippen LogP contribution in [0.25, 0.3) is 10.9 Å². The SMILES string of the molecule is CCC1CN(c2ccc3ncccc3c2)C(C)CN1. The summed E-state index contributed by atoms with van der Waals surface area (Å²) in [4.78, 5) is 6.90. The van der Waals surface area contributed by atoms with E-state index in [2.05, 4.69) is 53.3 Å². The Morgan fingerprint density at radius 2 is 2.26 bits per heavy atom. The van der Waals surface area contributed by atoms with E-state index in [-0.39, 0.29) is 0 Å². The first kappa shape index (κ1) is 12.4. The molecule has 1 aromatic heterocycles. The number of rotatable bonds is 2. The lowest BCUT2D eigenvalue weighted by Crippen LogP contribution is -2.55. The maximum atomic E-state index is 4.39. The zero-order valence-electron chi connectivity index (χ0n) is 11.6. The molecule has 2 unspecified atom stereocenters. The molecular weight excluding hydrogens is 234 g/mol. The minimum Gasteiger partial charge on any atom is -0.366 e. The first-order valence-electron chi connectivity index (χ1n) is 7.12. The van der Waals surface area contributed by atoms with Gasteiger partial charge < -0.3 is 10.2 Å². The average Bonchev–Trinajstić information content (AvgIpc) is 2.47. The Bertz CT molecular complexity index is 567. The molecule has 0 saturated carbocycles. The molecule has 0 spiro atoms. The zero-order chi connectivity index (χ0) is 13.2. The number of piperazine rings is 1. The van der Waals surface area contributed by atoms with E-state index in [0.717, 1.165) is 18.6 Å². The van der Waals surface area contributed by atoms with Crippen LogP contribution in [0.1, 0.15) is 20.3 Å². The summed E-state index contributed by atoms with van der Waals surface area (Å²) >= 11 is 0. The van der Waals surface area contributed by atoms with Crippen LogP contribution >= 0.6 is 0 Å². The van der Waals surface area contributed by atoms with Gasteiger partial charge in [-0.05, 0) is 37.6 Å². The molecule has 2 heterocycles. The number of aromatic nitrogens is 1. The van der Waals surface area contributed by atoms with E-state index in [1.807, 2.05) is 12.3 Å². The molecule has 0 aliphatic carbocycles. The van der Waals surface area contributed by atoms with Crippen LogP contribution in [0.5, 0.6) is 0 Å². The maximum absolute atomic E-state index is 4.39. The van der Waals surface area contributed by atoms with Crippen molar-refractivity contribution in [3.63, 3.8) is 0 Å². The van der Waals surface area contributed by atoms with Crippen molar-refractivity contribution in [2.45, 2.75) is 32.4 Å². The molecule has 3 rings (SSSR count). The van der Waals surface area contributed by atoms with Gasteiger partial charge in [-0.25, -0.2) is 0 Å². The molecule has 0 bridgehead atoms. The molecule has 100 valence electrons. The Labute approximate surface area is 114 Å². The maximum Gasteiger partial charge on any atom is 0.0703 e. The molecule has 19 heavy (non-hydrogen) atoms. The highest BCUT2D eigenvalue weighted by Crippen LogP contribution is 2.24. The Morgan fingerprint density at radius 3 is 3.11 bits per heavy atom. The second-order valence-electron chi connectivity index (χ2n) is 5.40. The van der Waals surface area contributed by atoms with E-state index in [0.29, 0.717) is 12.1 Å². The zero-order valence-corrected chi connectivity index (χ0v) is 11.6. The van der Waals surface area contributed by atoms with Gasteiger partial charge in [0.25, 0.3) is 0 Å². The molecular formula is C16H21N3. The van der Waals surface area contributed by atoms with Crippen LogP contribution in [0.15, 0.2) is 36.5 Å². The van der Waals surface area contributed by atoms with Crippen LogP contribution in [0.3, 0.4) is 0 Å². The molecule has 1 aliphatic heterocycles. The fourth-order valence-electron chi connectivity index (χ4n) is 2.80. The van der Waals surface area contributed by atoms with Crippen LogP contribution in [0.2, 0.25) is 0 Å². The largest absolute Gasteiger partial charge is 0.366 e. The smallest absolute Gasteiger partial charge is 0.0703 e. The number of pyridine rings is 1. The summed E-state index contributed by atoms with van der Waals surface area (Å²) in [5.41, 5.74) is 2.38. The van der Waals surface area contributed by atoms with E-state index >= 15 is 0 Å². The molecule has 3 nitrogen and oxygen atoms in total. The van der Waals surface area contributed by atoms with Gasteiger partial charge in [0.1, 0.15) is 0 Å². The second kappa shape index (κ2) is 5.17. The highest BCUT2D eigenvalue weighted by atomic mass is 15.2. The number of anilines is 1. The predicted molar refractivity (Wildman–Crippen MR) is 80.6 cm³/mol. The van der Waals surface area contributed by atoms with Gasteiger partial charge in [-0.3, -0.25) is 4.98 Å². The van der Waals surface area contributed by atoms with E-state index in [1.165, 1.54) is 17.5 Å². The summed E-state index contributed by atoms with van der Waals surface area (Å²) in [6.07, 6.45) is 3.03. The first-order chi connectivity index (χ1) is 9.28. The molecule has 1 saturated heterocycles. The van der Waals surface area contributed by atoms with Gasteiger partial charge in [-0.2, -0.15) is 0 Å². The van der Waals surface area contributed by atoms with Gasteiger partial charge in [-0.1, -0.05) is 13.0 Å². The van der Waals surface area contributed by atoms with Crippen molar-refractivity contribution in [3.05, 3.63) is 36.5 Å². The van der Waals surface area contributed by atoms with Crippen molar-refractivity contribution >= 4 is 16.6 Å². The lowest BCUT2D eigenvalue weighted by Gasteiger charge is -2.40. The Morgan fingerprint density at radius 1 is 1.37 bits per heavy atom. The van der Waals surface area contributed by atoms with Crippen LogP contribution in [0.4, 0.5) is 5.69 Å². The molecule has 2 atom stereocenters. The third-order valence-corrected chi connectivity index (χ3v) is 4.06. The lowest BCUT2D eigenvalue weighted by molar-refractivity contribution is 0.397. The number of nitrogens with zero attached hydrogens (tertiary/aromatic N) is 2. The molecule has 1 N–H and O–H groups in total. The van der Waals surface area contributed by atoms with E-state index in [1.54, 1.807) is 0 Å². The first-order valence-corrected chi connectivity index (χ1v) is 7.12. The Kier molecular flexibility index (Phi) is 3.38. The summed E-state index contributed by atoms with van der Waals surface area (Å²) in [6, 6.07) is 11.9. The highest BCUT2D eigenvalue weighted by Gasteiger charge is 2.24. The third kappa shape index (κ3) is 2.43. The highest BCUT2D eigenvalue weighted by molar-refractivity contribution is 5.82. The summed E-state index contributed by atoms with van der Waals surface area (Å²) in [6.45, 7) is 6.68. The predicted octanol–water partition coefficient (Wildman–Crippen LogP) is 2.81. The molecule has 1 aliphatic rings. The minimum atomic E-state index is 0.539. The van der Waals surface area contributed by atoms with Gasteiger partial charge in [0.05, 0.1) is 5.52 Å². The van der Waals surface area contributed by atoms with Crippen molar-refractivity contribution in [1.29, 1.82) is 0 Å². The molecule has 1 fully saturated rings. The minimum absolute atomic E-state index is 0.539. The molecule has 0 radical (unpaired) electrons. The number of hydrogen-bond acceptors (Lipinski definition) is 3. The summed E-state index contributed by atoms with van der Waals surface area (Å²) in [5, 5.41) is 4.82. The van der Waals surface area contributed by atoms with Crippen molar-refractivity contribution in [2.24, 2.45) is 0 Å². The van der Waals surface area contributed by atoms with Crippen molar-refractivity contribution in [3.8, 4) is 0 Å². The average molecular weight is 255 g/mol. The van der Waals surface area contributed by atoms with E-state index in [4.69, 9.17) is 0 Å². The number of hydrogen-bond donors (Lipinski definition) is 1. The van der Waals surface area contributed by atoms with Crippen LogP contribution in [-0.4, -0.2) is 30.2 Å². The number of benzene rings is 1. The third-order valence-electron chi connectivity index (χ3n) is 4.06. The second-order valence-corrected chi connectivity index (χ2v) is 5.40. The Balaban J connectivity index is 1.93. The fourth-order valence-corrected chi connectivity index (χ4v) is 2.80. The summed E-state index contributed by atoms with van der Waals surface area (Å²) in [7, 11) is 0. The summed E-state index contributed by atoms with van der Waals surface area (Å²) in [5.74, 6) is 0. The van der Waals surface area contributed by atoms with Gasteiger partial charge in [0.15, 0.2) is 0 Å². The molecule has 3 heteroatoms. The van der Waals surface area contributed by atoms with E-state index < -0.39 is 0 Å². The van der Waals surface area contributed by atoms with Gasteiger partial charge in [0, 0.05) is 42.4 Å². The van der Waals surface area contributed by atoms with Crippen molar-refractivity contribution in [1.82, 2.24) is 10.3 Å². The topological polar surface area (TPSA) is 28.2 Å². The number of fused-ring (bicyclic) bond motifs is 1. The van der Waals surface area contributed by atoms with Crippen LogP contribution in [0, 0.1) is 0 Å². The standard InChI is InChI=1S/C16H21N3/c1-3-14-11-19(12(2)10-18-14)15-6-7-16-13(9-15)5-4-8-17-16/h4-9,12,14,18H,3,10-11H2,1-2H3. The van der Waals surface area contributed by atoms with Gasteiger partial charge in [0.2, 0.25) is 0 Å². The molecule has 2 aromatic rings. The van der Waals surface area contributed by atoms with E-state index in [9.17, 15) is 0 Å². The van der Waals surface area contributed by atoms with Gasteiger partial charge >= 0.3 is 0 Å². The quantitative estimate of drug-likeness (QED) is 0.894.